The summed E-state index contributed by atoms with van der Waals surface area (Å²) < 4.78 is 14.7. The highest BCUT2D eigenvalue weighted by Crippen LogP contribution is 2.33. The SMILES string of the molecule is O=C(Nc1ncc(Cl)s1)[C@H](CC1CCCCC1)N1Cc2c(F)cccc2C1=O. The first-order chi connectivity index (χ1) is 13.5. The second-order valence-electron chi connectivity index (χ2n) is 7.41. The van der Waals surface area contributed by atoms with Gasteiger partial charge in [-0.1, -0.05) is 61.1 Å². The Morgan fingerprint density at radius 3 is 2.82 bits per heavy atom. The van der Waals surface area contributed by atoms with Crippen LogP contribution in [0.3, 0.4) is 0 Å². The molecule has 5 nitrogen and oxygen atoms in total. The van der Waals surface area contributed by atoms with Crippen molar-refractivity contribution in [1.29, 1.82) is 0 Å². The van der Waals surface area contributed by atoms with Gasteiger partial charge in [0, 0.05) is 11.1 Å². The maximum atomic E-state index is 14.2. The molecule has 0 bridgehead atoms. The fourth-order valence-electron chi connectivity index (χ4n) is 4.18. The van der Waals surface area contributed by atoms with E-state index < -0.39 is 11.9 Å². The van der Waals surface area contributed by atoms with Crippen LogP contribution in [-0.2, 0) is 11.3 Å². The molecule has 1 N–H and O–H groups in total. The number of nitrogens with one attached hydrogen (secondary N) is 1. The highest BCUT2D eigenvalue weighted by atomic mass is 35.5. The molecule has 1 atom stereocenters. The zero-order valence-electron chi connectivity index (χ0n) is 15.3. The zero-order valence-corrected chi connectivity index (χ0v) is 16.9. The summed E-state index contributed by atoms with van der Waals surface area (Å²) in [4.78, 5) is 31.6. The number of hydrogen-bond acceptors (Lipinski definition) is 4. The summed E-state index contributed by atoms with van der Waals surface area (Å²) in [6, 6.07) is 3.84. The maximum absolute atomic E-state index is 14.2. The number of anilines is 1. The van der Waals surface area contributed by atoms with Crippen LogP contribution in [0.5, 0.6) is 0 Å². The number of benzene rings is 1. The first kappa shape index (κ1) is 19.3. The van der Waals surface area contributed by atoms with E-state index >= 15 is 0 Å². The van der Waals surface area contributed by atoms with Gasteiger partial charge < -0.3 is 10.2 Å². The van der Waals surface area contributed by atoms with Crippen LogP contribution >= 0.6 is 22.9 Å². The Hall–Kier alpha value is -1.99. The lowest BCUT2D eigenvalue weighted by atomic mass is 9.84. The van der Waals surface area contributed by atoms with Crippen molar-refractivity contribution in [2.75, 3.05) is 5.32 Å². The van der Waals surface area contributed by atoms with E-state index in [2.05, 4.69) is 10.3 Å². The number of amides is 2. The van der Waals surface area contributed by atoms with Crippen LogP contribution in [0, 0.1) is 11.7 Å². The van der Waals surface area contributed by atoms with Crippen molar-refractivity contribution in [2.45, 2.75) is 51.1 Å². The van der Waals surface area contributed by atoms with Gasteiger partial charge in [0.25, 0.3) is 5.91 Å². The normalized spacial score (nSPS) is 18.2. The van der Waals surface area contributed by atoms with Gasteiger partial charge in [0.05, 0.1) is 12.7 Å². The third-order valence-electron chi connectivity index (χ3n) is 5.61. The first-order valence-corrected chi connectivity index (χ1v) is 10.7. The number of aromatic nitrogens is 1. The van der Waals surface area contributed by atoms with E-state index in [1.807, 2.05) is 0 Å². The average Bonchev–Trinajstić information content (AvgIpc) is 3.25. The summed E-state index contributed by atoms with van der Waals surface area (Å²) >= 11 is 7.08. The highest BCUT2D eigenvalue weighted by Gasteiger charge is 2.39. The van der Waals surface area contributed by atoms with E-state index in [0.29, 0.717) is 32.9 Å². The number of rotatable bonds is 5. The van der Waals surface area contributed by atoms with Crippen LogP contribution in [0.15, 0.2) is 24.4 Å². The van der Waals surface area contributed by atoms with Crippen molar-refractivity contribution in [1.82, 2.24) is 9.88 Å². The summed E-state index contributed by atoms with van der Waals surface area (Å²) in [5.41, 5.74) is 0.713. The molecule has 0 spiro atoms. The lowest BCUT2D eigenvalue weighted by Crippen LogP contribution is -2.45. The number of fused-ring (bicyclic) bond motifs is 1. The lowest BCUT2D eigenvalue weighted by Gasteiger charge is -2.31. The average molecular weight is 422 g/mol. The predicted octanol–water partition coefficient (Wildman–Crippen LogP) is 4.87. The number of carbonyl (C=O) groups is 2. The van der Waals surface area contributed by atoms with Gasteiger partial charge in [-0.25, -0.2) is 9.37 Å². The molecule has 2 amide bonds. The largest absolute Gasteiger partial charge is 0.322 e. The quantitative estimate of drug-likeness (QED) is 0.749. The monoisotopic (exact) mass is 421 g/mol. The molecule has 4 rings (SSSR count). The summed E-state index contributed by atoms with van der Waals surface area (Å²) in [6.07, 6.45) is 7.65. The van der Waals surface area contributed by atoms with Crippen LogP contribution in [0.1, 0.15) is 54.4 Å². The smallest absolute Gasteiger partial charge is 0.255 e. The van der Waals surface area contributed by atoms with Crippen molar-refractivity contribution < 1.29 is 14.0 Å². The zero-order chi connectivity index (χ0) is 19.7. The van der Waals surface area contributed by atoms with Crippen molar-refractivity contribution >= 4 is 39.9 Å². The van der Waals surface area contributed by atoms with Crippen molar-refractivity contribution in [2.24, 2.45) is 5.92 Å². The van der Waals surface area contributed by atoms with Gasteiger partial charge >= 0.3 is 0 Å². The summed E-state index contributed by atoms with van der Waals surface area (Å²) in [5, 5.41) is 3.19. The van der Waals surface area contributed by atoms with E-state index in [0.717, 1.165) is 25.7 Å². The van der Waals surface area contributed by atoms with Gasteiger partial charge in [-0.15, -0.1) is 0 Å². The number of thiazole rings is 1. The number of carbonyl (C=O) groups excluding carboxylic acids is 2. The molecule has 0 unspecified atom stereocenters. The van der Waals surface area contributed by atoms with Gasteiger partial charge in [-0.2, -0.15) is 0 Å². The minimum Gasteiger partial charge on any atom is -0.322 e. The molecular weight excluding hydrogens is 401 g/mol. The van der Waals surface area contributed by atoms with E-state index in [4.69, 9.17) is 11.6 Å². The molecule has 28 heavy (non-hydrogen) atoms. The van der Waals surface area contributed by atoms with Gasteiger partial charge in [0.2, 0.25) is 5.91 Å². The predicted molar refractivity (Wildman–Crippen MR) is 107 cm³/mol. The molecule has 1 aromatic heterocycles. The second kappa shape index (κ2) is 8.17. The molecule has 0 radical (unpaired) electrons. The standard InChI is InChI=1S/C20H21ClFN3O2S/c21-17-10-23-20(28-17)24-18(26)16(9-12-5-2-1-3-6-12)25-11-14-13(19(25)27)7-4-8-15(14)22/h4,7-8,10,12,16H,1-3,5-6,9,11H2,(H,23,24,26)/t16-/m0/s1. The van der Waals surface area contributed by atoms with E-state index in [1.165, 1.54) is 41.0 Å². The maximum Gasteiger partial charge on any atom is 0.255 e. The van der Waals surface area contributed by atoms with Crippen molar-refractivity contribution in [3.8, 4) is 0 Å². The molecule has 1 saturated carbocycles. The summed E-state index contributed by atoms with van der Waals surface area (Å²) in [7, 11) is 0. The summed E-state index contributed by atoms with van der Waals surface area (Å²) in [5.74, 6) is -0.608. The molecule has 1 aliphatic carbocycles. The molecule has 2 heterocycles. The van der Waals surface area contributed by atoms with Gasteiger partial charge in [-0.3, -0.25) is 9.59 Å². The van der Waals surface area contributed by atoms with Crippen LogP contribution < -0.4 is 5.32 Å². The molecule has 1 fully saturated rings. The Kier molecular flexibility index (Phi) is 5.64. The van der Waals surface area contributed by atoms with Crippen molar-refractivity contribution in [3.63, 3.8) is 0 Å². The highest BCUT2D eigenvalue weighted by molar-refractivity contribution is 7.19. The third-order valence-corrected chi connectivity index (χ3v) is 6.64. The Morgan fingerprint density at radius 1 is 1.36 bits per heavy atom. The van der Waals surface area contributed by atoms with Crippen LogP contribution in [-0.4, -0.2) is 27.7 Å². The topological polar surface area (TPSA) is 62.3 Å². The molecule has 148 valence electrons. The molecule has 1 aliphatic heterocycles. The Balaban J connectivity index is 1.58. The van der Waals surface area contributed by atoms with Crippen LogP contribution in [0.2, 0.25) is 4.34 Å². The van der Waals surface area contributed by atoms with E-state index in [1.54, 1.807) is 6.07 Å². The number of halogens is 2. The van der Waals surface area contributed by atoms with E-state index in [9.17, 15) is 14.0 Å². The van der Waals surface area contributed by atoms with Crippen molar-refractivity contribution in [3.05, 3.63) is 45.7 Å². The molecule has 8 heteroatoms. The van der Waals surface area contributed by atoms with Crippen LogP contribution in [0.25, 0.3) is 0 Å². The van der Waals surface area contributed by atoms with E-state index in [-0.39, 0.29) is 18.4 Å². The van der Waals surface area contributed by atoms with Gasteiger partial charge in [0.1, 0.15) is 16.2 Å². The molecule has 1 aromatic carbocycles. The lowest BCUT2D eigenvalue weighted by molar-refractivity contribution is -0.121. The molecule has 2 aliphatic rings. The summed E-state index contributed by atoms with van der Waals surface area (Å²) in [6.45, 7) is 0.115. The minimum absolute atomic E-state index is 0.115. The van der Waals surface area contributed by atoms with Crippen LogP contribution in [0.4, 0.5) is 9.52 Å². The first-order valence-electron chi connectivity index (χ1n) is 9.53. The fraction of sp³-hybridized carbons (Fsp3) is 0.450. The Morgan fingerprint density at radius 2 is 2.14 bits per heavy atom. The molecule has 2 aromatic rings. The third kappa shape index (κ3) is 3.91. The van der Waals surface area contributed by atoms with Gasteiger partial charge in [-0.05, 0) is 24.5 Å². The fourth-order valence-corrected chi connectivity index (χ4v) is 5.00. The second-order valence-corrected chi connectivity index (χ2v) is 9.08. The molecule has 0 saturated heterocycles. The Bertz CT molecular complexity index is 897. The van der Waals surface area contributed by atoms with Gasteiger partial charge in [0.15, 0.2) is 5.13 Å². The minimum atomic E-state index is -0.662. The Labute approximate surface area is 171 Å². The number of nitrogens with zero attached hydrogens (tertiary/aromatic N) is 2. The molecular formula is C20H21ClFN3O2S. The number of hydrogen-bond donors (Lipinski definition) is 1.